The van der Waals surface area contributed by atoms with Gasteiger partial charge >= 0.3 is 0 Å². The van der Waals surface area contributed by atoms with E-state index in [9.17, 15) is 8.42 Å². The smallest absolute Gasteiger partial charge is 0.263 e. The number of nitrogens with zero attached hydrogens (tertiary/aromatic N) is 1. The Hall–Kier alpha value is -1.82. The van der Waals surface area contributed by atoms with Crippen molar-refractivity contribution in [1.29, 1.82) is 0 Å². The lowest BCUT2D eigenvalue weighted by molar-refractivity contribution is 0.600. The van der Waals surface area contributed by atoms with E-state index in [-0.39, 0.29) is 4.90 Å². The Bertz CT molecular complexity index is 647. The Morgan fingerprint density at radius 3 is 2.67 bits per heavy atom. The van der Waals surface area contributed by atoms with Crippen LogP contribution in [0.15, 0.2) is 35.2 Å². The highest BCUT2D eigenvalue weighted by molar-refractivity contribution is 7.92. The number of anilines is 1. The van der Waals surface area contributed by atoms with E-state index in [1.54, 1.807) is 37.3 Å². The summed E-state index contributed by atoms with van der Waals surface area (Å²) in [6, 6.07) is 8.53. The van der Waals surface area contributed by atoms with Crippen LogP contribution in [-0.4, -0.2) is 18.6 Å². The van der Waals surface area contributed by atoms with Gasteiger partial charge in [0.2, 0.25) is 0 Å². The van der Waals surface area contributed by atoms with Crippen LogP contribution < -0.4 is 4.72 Å². The van der Waals surface area contributed by atoms with Crippen molar-refractivity contribution in [3.8, 4) is 0 Å². The van der Waals surface area contributed by atoms with Gasteiger partial charge in [0, 0.05) is 11.8 Å². The molecule has 5 nitrogen and oxygen atoms in total. The number of nitrogens with one attached hydrogen (secondary N) is 2. The molecule has 6 heteroatoms. The van der Waals surface area contributed by atoms with Gasteiger partial charge in [-0.1, -0.05) is 25.1 Å². The SMILES string of the molecule is CCc1cc(NS(=O)(=O)c2ccccc2C)n[nH]1. The van der Waals surface area contributed by atoms with Gasteiger partial charge in [0.25, 0.3) is 10.0 Å². The van der Waals surface area contributed by atoms with Gasteiger partial charge in [-0.15, -0.1) is 0 Å². The molecule has 18 heavy (non-hydrogen) atoms. The largest absolute Gasteiger partial charge is 0.280 e. The summed E-state index contributed by atoms with van der Waals surface area (Å²) < 4.78 is 26.8. The van der Waals surface area contributed by atoms with Crippen LogP contribution in [0.3, 0.4) is 0 Å². The van der Waals surface area contributed by atoms with E-state index in [1.807, 2.05) is 6.92 Å². The third kappa shape index (κ3) is 2.53. The molecule has 0 bridgehead atoms. The Morgan fingerprint density at radius 2 is 2.06 bits per heavy atom. The predicted octanol–water partition coefficient (Wildman–Crippen LogP) is 2.08. The van der Waals surface area contributed by atoms with Crippen molar-refractivity contribution in [2.45, 2.75) is 25.2 Å². The molecule has 1 aromatic carbocycles. The number of rotatable bonds is 4. The number of sulfonamides is 1. The summed E-state index contributed by atoms with van der Waals surface area (Å²) in [5.74, 6) is 0.315. The minimum Gasteiger partial charge on any atom is -0.280 e. The minimum absolute atomic E-state index is 0.269. The van der Waals surface area contributed by atoms with Crippen LogP contribution >= 0.6 is 0 Å². The van der Waals surface area contributed by atoms with Crippen molar-refractivity contribution in [3.63, 3.8) is 0 Å². The summed E-state index contributed by atoms with van der Waals surface area (Å²) in [5.41, 5.74) is 1.59. The van der Waals surface area contributed by atoms with E-state index in [2.05, 4.69) is 14.9 Å². The molecule has 0 atom stereocenters. The highest BCUT2D eigenvalue weighted by atomic mass is 32.2. The van der Waals surface area contributed by atoms with Gasteiger partial charge in [0.15, 0.2) is 5.82 Å². The fourth-order valence-corrected chi connectivity index (χ4v) is 2.89. The molecular weight excluding hydrogens is 250 g/mol. The first-order valence-corrected chi connectivity index (χ1v) is 7.14. The van der Waals surface area contributed by atoms with Crippen LogP contribution in [0.25, 0.3) is 0 Å². The summed E-state index contributed by atoms with van der Waals surface area (Å²) >= 11 is 0. The molecule has 1 heterocycles. The molecule has 0 aliphatic heterocycles. The third-order valence-electron chi connectivity index (χ3n) is 2.63. The lowest BCUT2D eigenvalue weighted by atomic mass is 10.2. The topological polar surface area (TPSA) is 74.8 Å². The lowest BCUT2D eigenvalue weighted by Crippen LogP contribution is -2.14. The van der Waals surface area contributed by atoms with Crippen LogP contribution in [0.4, 0.5) is 5.82 Å². The van der Waals surface area contributed by atoms with Gasteiger partial charge in [-0.25, -0.2) is 8.42 Å². The molecule has 0 saturated heterocycles. The summed E-state index contributed by atoms with van der Waals surface area (Å²) in [6.45, 7) is 3.73. The second-order valence-corrected chi connectivity index (χ2v) is 5.65. The lowest BCUT2D eigenvalue weighted by Gasteiger charge is -2.07. The first-order chi connectivity index (χ1) is 8.53. The molecule has 2 N–H and O–H groups in total. The average Bonchev–Trinajstić information content (AvgIpc) is 2.76. The molecule has 0 saturated carbocycles. The molecule has 0 aliphatic rings. The summed E-state index contributed by atoms with van der Waals surface area (Å²) in [5, 5.41) is 6.68. The van der Waals surface area contributed by atoms with E-state index in [0.29, 0.717) is 11.4 Å². The van der Waals surface area contributed by atoms with Gasteiger partial charge in [0.05, 0.1) is 4.90 Å². The minimum atomic E-state index is -3.57. The number of aromatic amines is 1. The second-order valence-electron chi connectivity index (χ2n) is 4.00. The predicted molar refractivity (Wildman–Crippen MR) is 70.0 cm³/mol. The average molecular weight is 265 g/mol. The van der Waals surface area contributed by atoms with E-state index in [4.69, 9.17) is 0 Å². The van der Waals surface area contributed by atoms with Crippen molar-refractivity contribution in [2.24, 2.45) is 0 Å². The first kappa shape index (κ1) is 12.6. The van der Waals surface area contributed by atoms with Gasteiger partial charge in [-0.2, -0.15) is 5.10 Å². The van der Waals surface area contributed by atoms with Crippen LogP contribution in [0.2, 0.25) is 0 Å². The van der Waals surface area contributed by atoms with Gasteiger partial charge in [-0.3, -0.25) is 9.82 Å². The van der Waals surface area contributed by atoms with E-state index in [1.165, 1.54) is 0 Å². The fourth-order valence-electron chi connectivity index (χ4n) is 1.65. The monoisotopic (exact) mass is 265 g/mol. The number of aryl methyl sites for hydroxylation is 2. The van der Waals surface area contributed by atoms with Crippen LogP contribution in [0.1, 0.15) is 18.2 Å². The summed E-state index contributed by atoms with van der Waals surface area (Å²) in [6.07, 6.45) is 0.777. The number of H-pyrrole nitrogens is 1. The standard InChI is InChI=1S/C12H15N3O2S/c1-3-10-8-12(14-13-10)15-18(16,17)11-7-5-4-6-9(11)2/h4-8H,3H2,1-2H3,(H2,13,14,15). The van der Waals surface area contributed by atoms with Gasteiger partial charge < -0.3 is 0 Å². The zero-order chi connectivity index (χ0) is 13.2. The van der Waals surface area contributed by atoms with E-state index in [0.717, 1.165) is 12.1 Å². The van der Waals surface area contributed by atoms with Gasteiger partial charge in [-0.05, 0) is 25.0 Å². The van der Waals surface area contributed by atoms with Crippen LogP contribution in [0.5, 0.6) is 0 Å². The molecule has 0 unspecified atom stereocenters. The van der Waals surface area contributed by atoms with E-state index < -0.39 is 10.0 Å². The molecule has 2 rings (SSSR count). The number of aromatic nitrogens is 2. The zero-order valence-corrected chi connectivity index (χ0v) is 11.1. The molecule has 0 aliphatic carbocycles. The van der Waals surface area contributed by atoms with E-state index >= 15 is 0 Å². The zero-order valence-electron chi connectivity index (χ0n) is 10.3. The van der Waals surface area contributed by atoms with Crippen molar-refractivity contribution >= 4 is 15.8 Å². The number of hydrogen-bond acceptors (Lipinski definition) is 3. The Balaban J connectivity index is 2.30. The molecule has 0 amide bonds. The first-order valence-electron chi connectivity index (χ1n) is 5.65. The molecule has 1 aromatic heterocycles. The highest BCUT2D eigenvalue weighted by Gasteiger charge is 2.17. The van der Waals surface area contributed by atoms with Crippen molar-refractivity contribution < 1.29 is 8.42 Å². The normalized spacial score (nSPS) is 11.4. The quantitative estimate of drug-likeness (QED) is 0.888. The maximum Gasteiger partial charge on any atom is 0.263 e. The van der Waals surface area contributed by atoms with Crippen LogP contribution in [-0.2, 0) is 16.4 Å². The molecule has 0 spiro atoms. The van der Waals surface area contributed by atoms with Crippen molar-refractivity contribution in [2.75, 3.05) is 4.72 Å². The Labute approximate surface area is 106 Å². The Kier molecular flexibility index (Phi) is 3.38. The highest BCUT2D eigenvalue weighted by Crippen LogP contribution is 2.18. The molecule has 0 fully saturated rings. The molecule has 96 valence electrons. The fraction of sp³-hybridized carbons (Fsp3) is 0.250. The third-order valence-corrected chi connectivity index (χ3v) is 4.15. The number of benzene rings is 1. The van der Waals surface area contributed by atoms with Crippen molar-refractivity contribution in [3.05, 3.63) is 41.6 Å². The van der Waals surface area contributed by atoms with Crippen molar-refractivity contribution in [1.82, 2.24) is 10.2 Å². The maximum absolute atomic E-state index is 12.2. The second kappa shape index (κ2) is 4.81. The maximum atomic E-state index is 12.2. The molecule has 2 aromatic rings. The van der Waals surface area contributed by atoms with Crippen LogP contribution in [0, 0.1) is 6.92 Å². The number of hydrogen-bond donors (Lipinski definition) is 2. The molecule has 0 radical (unpaired) electrons. The van der Waals surface area contributed by atoms with Gasteiger partial charge in [0.1, 0.15) is 0 Å². The summed E-state index contributed by atoms with van der Waals surface area (Å²) in [4.78, 5) is 0.269. The summed E-state index contributed by atoms with van der Waals surface area (Å²) in [7, 11) is -3.57. The molecular formula is C12H15N3O2S. The Morgan fingerprint density at radius 1 is 1.33 bits per heavy atom.